The molecule has 2 saturated heterocycles. The third-order valence-electron chi connectivity index (χ3n) is 7.83. The largest absolute Gasteiger partial charge is 0.495 e. The predicted molar refractivity (Wildman–Crippen MR) is 106 cm³/mol. The molecule has 2 N–H and O–H groups in total. The van der Waals surface area contributed by atoms with Crippen LogP contribution in [0.2, 0.25) is 0 Å². The molecule has 4 aliphatic rings. The van der Waals surface area contributed by atoms with Gasteiger partial charge in [0.15, 0.2) is 0 Å². The minimum atomic E-state index is -0.0578. The third kappa shape index (κ3) is 2.62. The van der Waals surface area contributed by atoms with Crippen molar-refractivity contribution in [1.29, 1.82) is 0 Å². The second-order valence-electron chi connectivity index (χ2n) is 9.00. The van der Waals surface area contributed by atoms with E-state index in [0.717, 1.165) is 36.7 Å². The van der Waals surface area contributed by atoms with Gasteiger partial charge in [-0.05, 0) is 81.4 Å². The number of hydrogen-bond donors (Lipinski definition) is 2. The molecular weight excluding hydrogens is 338 g/mol. The Morgan fingerprint density at radius 3 is 2.89 bits per heavy atom. The van der Waals surface area contributed by atoms with Crippen LogP contribution in [0.4, 0.5) is 5.69 Å². The van der Waals surface area contributed by atoms with E-state index in [1.807, 2.05) is 0 Å². The molecule has 4 atom stereocenters. The highest BCUT2D eigenvalue weighted by Gasteiger charge is 2.53. The fourth-order valence-corrected chi connectivity index (χ4v) is 6.23. The lowest BCUT2D eigenvalue weighted by Gasteiger charge is -2.58. The van der Waals surface area contributed by atoms with Crippen molar-refractivity contribution < 1.29 is 9.53 Å². The summed E-state index contributed by atoms with van der Waals surface area (Å²) in [5.41, 5.74) is 4.07. The zero-order valence-electron chi connectivity index (χ0n) is 16.5. The Kier molecular flexibility index (Phi) is 4.21. The van der Waals surface area contributed by atoms with E-state index in [1.54, 1.807) is 7.11 Å². The summed E-state index contributed by atoms with van der Waals surface area (Å²) < 4.78 is 5.73. The minimum absolute atomic E-state index is 0.0568. The van der Waals surface area contributed by atoms with Crippen molar-refractivity contribution in [1.82, 2.24) is 10.2 Å². The third-order valence-corrected chi connectivity index (χ3v) is 7.83. The minimum Gasteiger partial charge on any atom is -0.495 e. The lowest BCUT2D eigenvalue weighted by molar-refractivity contribution is -0.119. The Hall–Kier alpha value is -1.59. The topological polar surface area (TPSA) is 53.6 Å². The molecule has 1 saturated carbocycles. The van der Waals surface area contributed by atoms with Gasteiger partial charge in [0.2, 0.25) is 5.91 Å². The van der Waals surface area contributed by atoms with Crippen LogP contribution in [0, 0.1) is 5.92 Å². The number of amides is 1. The van der Waals surface area contributed by atoms with Crippen LogP contribution in [-0.2, 0) is 16.6 Å². The van der Waals surface area contributed by atoms with Crippen LogP contribution in [0.1, 0.15) is 49.7 Å². The molecule has 5 rings (SSSR count). The Bertz CT molecular complexity index is 760. The van der Waals surface area contributed by atoms with E-state index in [4.69, 9.17) is 4.74 Å². The zero-order chi connectivity index (χ0) is 18.6. The van der Waals surface area contributed by atoms with E-state index in [9.17, 15) is 4.79 Å². The maximum atomic E-state index is 12.5. The molecule has 1 aromatic carbocycles. The molecular formula is C22H31N3O2. The molecule has 0 spiro atoms. The predicted octanol–water partition coefficient (Wildman–Crippen LogP) is 2.68. The highest BCUT2D eigenvalue weighted by Crippen LogP contribution is 2.56. The number of nitrogens with zero attached hydrogens (tertiary/aromatic N) is 1. The molecule has 0 aromatic heterocycles. The van der Waals surface area contributed by atoms with Gasteiger partial charge in [-0.15, -0.1) is 0 Å². The fraction of sp³-hybridized carbons (Fsp3) is 0.682. The average Bonchev–Trinajstić information content (AvgIpc) is 2.62. The highest BCUT2D eigenvalue weighted by atomic mass is 16.5. The molecule has 2 unspecified atom stereocenters. The van der Waals surface area contributed by atoms with E-state index < -0.39 is 0 Å². The van der Waals surface area contributed by atoms with Gasteiger partial charge in [-0.25, -0.2) is 0 Å². The monoisotopic (exact) mass is 369 g/mol. The summed E-state index contributed by atoms with van der Waals surface area (Å²) >= 11 is 0. The van der Waals surface area contributed by atoms with Crippen LogP contribution in [0.15, 0.2) is 12.1 Å². The van der Waals surface area contributed by atoms with Crippen LogP contribution in [0.5, 0.6) is 5.75 Å². The number of ether oxygens (including phenoxy) is 1. The Morgan fingerprint density at radius 1 is 1.30 bits per heavy atom. The van der Waals surface area contributed by atoms with Crippen molar-refractivity contribution >= 4 is 11.6 Å². The molecule has 2 aliphatic carbocycles. The van der Waals surface area contributed by atoms with Crippen molar-refractivity contribution in [2.24, 2.45) is 5.92 Å². The number of likely N-dealkylation sites (tertiary alicyclic amines) is 1. The van der Waals surface area contributed by atoms with E-state index in [0.29, 0.717) is 11.5 Å². The second kappa shape index (κ2) is 6.49. The van der Waals surface area contributed by atoms with Crippen molar-refractivity contribution in [3.05, 3.63) is 23.3 Å². The molecule has 0 radical (unpaired) electrons. The number of benzene rings is 1. The standard InChI is InChI=1S/C22H31N3O2/c1-25-10-8-22-7-4-3-5-15(22)19(25)12-14-11-18(20(27-2)13-16(14)22)24-21(26)17-6-9-23-17/h11,13,15,17,19,23H,3-10,12H2,1-2H3,(H,24,26)/t15?,17?,19-,22-/m0/s1. The van der Waals surface area contributed by atoms with Crippen LogP contribution in [0.3, 0.4) is 0 Å². The summed E-state index contributed by atoms with van der Waals surface area (Å²) in [7, 11) is 4.01. The van der Waals surface area contributed by atoms with E-state index >= 15 is 0 Å². The summed E-state index contributed by atoms with van der Waals surface area (Å²) in [6.45, 7) is 2.12. The van der Waals surface area contributed by atoms with Gasteiger partial charge in [-0.1, -0.05) is 12.8 Å². The maximum Gasteiger partial charge on any atom is 0.241 e. The molecule has 3 fully saturated rings. The summed E-state index contributed by atoms with van der Waals surface area (Å²) in [4.78, 5) is 15.0. The molecule has 146 valence electrons. The van der Waals surface area contributed by atoms with Gasteiger partial charge in [0.25, 0.3) is 0 Å². The molecule has 1 aromatic rings. The summed E-state index contributed by atoms with van der Waals surface area (Å²) in [5, 5.41) is 6.30. The molecule has 27 heavy (non-hydrogen) atoms. The zero-order valence-corrected chi connectivity index (χ0v) is 16.5. The first-order valence-electron chi connectivity index (χ1n) is 10.6. The number of carbonyl (C=O) groups is 1. The number of piperidine rings is 1. The first-order chi connectivity index (χ1) is 13.1. The van der Waals surface area contributed by atoms with Gasteiger partial charge in [0, 0.05) is 11.5 Å². The Labute approximate surface area is 161 Å². The molecule has 5 nitrogen and oxygen atoms in total. The summed E-state index contributed by atoms with van der Waals surface area (Å²) in [6.07, 6.45) is 8.60. The Morgan fingerprint density at radius 2 is 2.15 bits per heavy atom. The Balaban J connectivity index is 1.55. The van der Waals surface area contributed by atoms with Crippen molar-refractivity contribution in [2.45, 2.75) is 62.4 Å². The van der Waals surface area contributed by atoms with Crippen molar-refractivity contribution in [3.8, 4) is 5.75 Å². The van der Waals surface area contributed by atoms with Crippen LogP contribution in [0.25, 0.3) is 0 Å². The number of anilines is 1. The molecule has 2 aliphatic heterocycles. The number of hydrogen-bond acceptors (Lipinski definition) is 4. The highest BCUT2D eigenvalue weighted by molar-refractivity contribution is 5.96. The second-order valence-corrected chi connectivity index (χ2v) is 9.00. The first-order valence-corrected chi connectivity index (χ1v) is 10.6. The smallest absolute Gasteiger partial charge is 0.241 e. The fourth-order valence-electron chi connectivity index (χ4n) is 6.23. The average molecular weight is 370 g/mol. The number of rotatable bonds is 3. The molecule has 2 bridgehead atoms. The lowest BCUT2D eigenvalue weighted by Crippen LogP contribution is -2.59. The van der Waals surface area contributed by atoms with Gasteiger partial charge >= 0.3 is 0 Å². The van der Waals surface area contributed by atoms with Crippen LogP contribution >= 0.6 is 0 Å². The van der Waals surface area contributed by atoms with Gasteiger partial charge < -0.3 is 20.3 Å². The number of nitrogens with one attached hydrogen (secondary N) is 2. The van der Waals surface area contributed by atoms with Gasteiger partial charge in [0.1, 0.15) is 5.75 Å². The number of likely N-dealkylation sites (N-methyl/N-ethyl adjacent to an activating group) is 1. The molecule has 2 heterocycles. The van der Waals surface area contributed by atoms with Gasteiger partial charge in [0.05, 0.1) is 18.8 Å². The normalized spacial score (nSPS) is 34.8. The van der Waals surface area contributed by atoms with Crippen molar-refractivity contribution in [2.75, 3.05) is 32.6 Å². The number of fused-ring (bicyclic) bond motifs is 1. The molecule has 5 heteroatoms. The summed E-state index contributed by atoms with van der Waals surface area (Å²) in [5.74, 6) is 1.64. The number of methoxy groups -OCH3 is 1. The SMILES string of the molecule is COc1cc2c(cc1NC(=O)C1CCN1)C[C@H]1C3CCCC[C@@]23CCN1C. The van der Waals surface area contributed by atoms with E-state index in [1.165, 1.54) is 49.8 Å². The van der Waals surface area contributed by atoms with Crippen LogP contribution < -0.4 is 15.4 Å². The van der Waals surface area contributed by atoms with Crippen molar-refractivity contribution in [3.63, 3.8) is 0 Å². The van der Waals surface area contributed by atoms with E-state index in [2.05, 4.69) is 34.7 Å². The van der Waals surface area contributed by atoms with Gasteiger partial charge in [-0.3, -0.25) is 4.79 Å². The summed E-state index contributed by atoms with van der Waals surface area (Å²) in [6, 6.07) is 5.05. The number of carbonyl (C=O) groups excluding carboxylic acids is 1. The molecule has 1 amide bonds. The first kappa shape index (κ1) is 17.5. The van der Waals surface area contributed by atoms with Crippen LogP contribution in [-0.4, -0.2) is 50.1 Å². The van der Waals surface area contributed by atoms with Gasteiger partial charge in [-0.2, -0.15) is 0 Å². The quantitative estimate of drug-likeness (QED) is 0.860. The lowest BCUT2D eigenvalue weighted by atomic mass is 9.52. The van der Waals surface area contributed by atoms with E-state index in [-0.39, 0.29) is 11.9 Å². The maximum absolute atomic E-state index is 12.5.